The number of aliphatic hydroxyl groups excluding tert-OH is 1. The summed E-state index contributed by atoms with van der Waals surface area (Å²) in [5, 5.41) is 12.4. The molecule has 1 aliphatic carbocycles. The number of nitrogens with one attached hydrogen (secondary N) is 1. The second-order valence-electron chi connectivity index (χ2n) is 4.34. The summed E-state index contributed by atoms with van der Waals surface area (Å²) in [5.74, 6) is -0.176. The van der Waals surface area contributed by atoms with Gasteiger partial charge in [0.15, 0.2) is 0 Å². The predicted octanol–water partition coefficient (Wildman–Crippen LogP) is 1.88. The zero-order valence-electron chi connectivity index (χ0n) is 9.40. The first kappa shape index (κ1) is 12.5. The van der Waals surface area contributed by atoms with Crippen LogP contribution in [0.1, 0.15) is 36.2 Å². The van der Waals surface area contributed by atoms with Crippen LogP contribution in [0.25, 0.3) is 0 Å². The van der Waals surface area contributed by atoms with Crippen LogP contribution in [-0.2, 0) is 0 Å². The van der Waals surface area contributed by atoms with Crippen LogP contribution >= 0.6 is 15.9 Å². The van der Waals surface area contributed by atoms with Crippen LogP contribution in [0.15, 0.2) is 22.8 Å². The first-order valence-corrected chi connectivity index (χ1v) is 6.56. The Morgan fingerprint density at radius 2 is 2.29 bits per heavy atom. The molecule has 1 fully saturated rings. The second-order valence-corrected chi connectivity index (χ2v) is 5.15. The van der Waals surface area contributed by atoms with Crippen molar-refractivity contribution in [2.24, 2.45) is 0 Å². The van der Waals surface area contributed by atoms with E-state index in [0.717, 1.165) is 19.3 Å². The zero-order valence-corrected chi connectivity index (χ0v) is 11.0. The molecular weight excluding hydrogens is 284 g/mol. The number of amides is 1. The Balaban J connectivity index is 1.97. The highest BCUT2D eigenvalue weighted by Gasteiger charge is 2.22. The van der Waals surface area contributed by atoms with Gasteiger partial charge in [0.2, 0.25) is 0 Å². The van der Waals surface area contributed by atoms with E-state index in [1.807, 2.05) is 0 Å². The number of hydrogen-bond acceptors (Lipinski definition) is 3. The van der Waals surface area contributed by atoms with Crippen molar-refractivity contribution in [3.8, 4) is 0 Å². The van der Waals surface area contributed by atoms with E-state index in [9.17, 15) is 9.90 Å². The molecule has 1 aromatic heterocycles. The molecule has 0 aliphatic heterocycles. The summed E-state index contributed by atoms with van der Waals surface area (Å²) in [6.07, 6.45) is 3.07. The van der Waals surface area contributed by atoms with Gasteiger partial charge in [-0.1, -0.05) is 6.07 Å². The number of carbonyl (C=O) groups excluding carboxylic acids is 1. The Hall–Kier alpha value is -0.940. The minimum absolute atomic E-state index is 0.0621. The van der Waals surface area contributed by atoms with Crippen molar-refractivity contribution in [1.82, 2.24) is 10.3 Å². The molecule has 1 heterocycles. The van der Waals surface area contributed by atoms with Crippen molar-refractivity contribution in [2.75, 3.05) is 0 Å². The summed E-state index contributed by atoms with van der Waals surface area (Å²) < 4.78 is 0.647. The van der Waals surface area contributed by atoms with E-state index in [1.54, 1.807) is 18.2 Å². The van der Waals surface area contributed by atoms with E-state index >= 15 is 0 Å². The molecule has 5 heteroatoms. The summed E-state index contributed by atoms with van der Waals surface area (Å²) in [7, 11) is 0. The van der Waals surface area contributed by atoms with Gasteiger partial charge < -0.3 is 10.4 Å². The molecule has 2 N–H and O–H groups in total. The first-order valence-electron chi connectivity index (χ1n) is 5.76. The number of pyridine rings is 1. The summed E-state index contributed by atoms with van der Waals surface area (Å²) >= 11 is 3.23. The van der Waals surface area contributed by atoms with Crippen molar-refractivity contribution < 1.29 is 9.90 Å². The quantitative estimate of drug-likeness (QED) is 0.820. The molecule has 0 aromatic carbocycles. The van der Waals surface area contributed by atoms with Crippen molar-refractivity contribution in [2.45, 2.75) is 37.8 Å². The van der Waals surface area contributed by atoms with Crippen LogP contribution < -0.4 is 5.32 Å². The topological polar surface area (TPSA) is 62.2 Å². The zero-order chi connectivity index (χ0) is 12.3. The van der Waals surface area contributed by atoms with Gasteiger partial charge in [0, 0.05) is 6.04 Å². The summed E-state index contributed by atoms with van der Waals surface area (Å²) in [6, 6.07) is 5.30. The predicted molar refractivity (Wildman–Crippen MR) is 67.7 cm³/mol. The van der Waals surface area contributed by atoms with Gasteiger partial charge in [-0.05, 0) is 53.7 Å². The summed E-state index contributed by atoms with van der Waals surface area (Å²) in [6.45, 7) is 0. The Bertz CT molecular complexity index is 411. The largest absolute Gasteiger partial charge is 0.393 e. The van der Waals surface area contributed by atoms with E-state index < -0.39 is 0 Å². The van der Waals surface area contributed by atoms with Crippen LogP contribution in [0.2, 0.25) is 0 Å². The summed E-state index contributed by atoms with van der Waals surface area (Å²) in [5.41, 5.74) is 0.402. The fraction of sp³-hybridized carbons (Fsp3) is 0.500. The maximum atomic E-state index is 11.9. The standard InChI is InChI=1S/C12H15BrN2O2/c13-11-6-2-5-10(15-11)12(17)14-8-3-1-4-9(16)7-8/h2,5-6,8-9,16H,1,3-4,7H2,(H,14,17). The Morgan fingerprint density at radius 3 is 3.00 bits per heavy atom. The highest BCUT2D eigenvalue weighted by molar-refractivity contribution is 9.10. The number of halogens is 1. The van der Waals surface area contributed by atoms with E-state index in [2.05, 4.69) is 26.2 Å². The molecule has 1 aliphatic rings. The number of nitrogens with zero attached hydrogens (tertiary/aromatic N) is 1. The van der Waals surface area contributed by atoms with E-state index in [0.29, 0.717) is 16.7 Å². The molecule has 0 spiro atoms. The van der Waals surface area contributed by atoms with Crippen molar-refractivity contribution in [3.05, 3.63) is 28.5 Å². The van der Waals surface area contributed by atoms with Crippen molar-refractivity contribution in [3.63, 3.8) is 0 Å². The molecule has 0 saturated heterocycles. The third-order valence-corrected chi connectivity index (χ3v) is 3.37. The van der Waals surface area contributed by atoms with Gasteiger partial charge in [0.05, 0.1) is 6.10 Å². The van der Waals surface area contributed by atoms with Gasteiger partial charge in [0.25, 0.3) is 5.91 Å². The van der Waals surface area contributed by atoms with Crippen LogP contribution in [0.4, 0.5) is 0 Å². The lowest BCUT2D eigenvalue weighted by atomic mass is 9.93. The van der Waals surface area contributed by atoms with E-state index in [4.69, 9.17) is 0 Å². The molecule has 4 nitrogen and oxygen atoms in total. The Morgan fingerprint density at radius 1 is 1.47 bits per heavy atom. The Labute approximate surface area is 109 Å². The van der Waals surface area contributed by atoms with E-state index in [1.165, 1.54) is 0 Å². The van der Waals surface area contributed by atoms with Gasteiger partial charge in [-0.25, -0.2) is 4.98 Å². The average molecular weight is 299 g/mol. The molecule has 1 saturated carbocycles. The molecule has 17 heavy (non-hydrogen) atoms. The smallest absolute Gasteiger partial charge is 0.270 e. The normalized spacial score (nSPS) is 24.4. The van der Waals surface area contributed by atoms with E-state index in [-0.39, 0.29) is 18.1 Å². The molecule has 2 unspecified atom stereocenters. The van der Waals surface area contributed by atoms with Gasteiger partial charge >= 0.3 is 0 Å². The van der Waals surface area contributed by atoms with Crippen LogP contribution in [0.5, 0.6) is 0 Å². The molecule has 1 amide bonds. The van der Waals surface area contributed by atoms with Crippen molar-refractivity contribution in [1.29, 1.82) is 0 Å². The Kier molecular flexibility index (Phi) is 4.12. The lowest BCUT2D eigenvalue weighted by Gasteiger charge is -2.26. The van der Waals surface area contributed by atoms with Crippen LogP contribution in [-0.4, -0.2) is 28.1 Å². The maximum absolute atomic E-state index is 11.9. The van der Waals surface area contributed by atoms with Gasteiger partial charge in [-0.15, -0.1) is 0 Å². The minimum Gasteiger partial charge on any atom is -0.393 e. The highest BCUT2D eigenvalue weighted by atomic mass is 79.9. The fourth-order valence-corrected chi connectivity index (χ4v) is 2.43. The van der Waals surface area contributed by atoms with Gasteiger partial charge in [-0.3, -0.25) is 4.79 Å². The number of aromatic nitrogens is 1. The SMILES string of the molecule is O=C(NC1CCCC(O)C1)c1cccc(Br)n1. The minimum atomic E-state index is -0.287. The highest BCUT2D eigenvalue weighted by Crippen LogP contribution is 2.18. The third kappa shape index (κ3) is 3.51. The molecule has 92 valence electrons. The summed E-state index contributed by atoms with van der Waals surface area (Å²) in [4.78, 5) is 16.0. The molecule has 2 atom stereocenters. The monoisotopic (exact) mass is 298 g/mol. The van der Waals surface area contributed by atoms with Crippen LogP contribution in [0, 0.1) is 0 Å². The molecule has 0 radical (unpaired) electrons. The molecular formula is C12H15BrN2O2. The van der Waals surface area contributed by atoms with Gasteiger partial charge in [-0.2, -0.15) is 0 Å². The maximum Gasteiger partial charge on any atom is 0.270 e. The fourth-order valence-electron chi connectivity index (χ4n) is 2.09. The first-order chi connectivity index (χ1) is 8.15. The molecule has 0 bridgehead atoms. The number of hydrogen-bond donors (Lipinski definition) is 2. The number of rotatable bonds is 2. The van der Waals surface area contributed by atoms with Gasteiger partial charge in [0.1, 0.15) is 10.3 Å². The average Bonchev–Trinajstić information content (AvgIpc) is 2.29. The lowest BCUT2D eigenvalue weighted by Crippen LogP contribution is -2.40. The number of carbonyl (C=O) groups is 1. The number of aliphatic hydroxyl groups is 1. The van der Waals surface area contributed by atoms with Crippen molar-refractivity contribution >= 4 is 21.8 Å². The van der Waals surface area contributed by atoms with Crippen LogP contribution in [0.3, 0.4) is 0 Å². The lowest BCUT2D eigenvalue weighted by molar-refractivity contribution is 0.0845. The second kappa shape index (κ2) is 5.60. The third-order valence-electron chi connectivity index (χ3n) is 2.93. The molecule has 2 rings (SSSR count). The molecule has 1 aromatic rings.